The number of hydrogen-bond acceptors (Lipinski definition) is 4. The third-order valence-corrected chi connectivity index (χ3v) is 5.40. The minimum absolute atomic E-state index is 0.136. The summed E-state index contributed by atoms with van der Waals surface area (Å²) in [5, 5.41) is 0. The van der Waals surface area contributed by atoms with E-state index in [0.717, 1.165) is 12.0 Å². The van der Waals surface area contributed by atoms with Crippen molar-refractivity contribution in [3.8, 4) is 5.75 Å². The largest absolute Gasteiger partial charge is 0.494 e. The molecule has 0 fully saturated rings. The molecule has 0 saturated carbocycles. The molecule has 0 aliphatic rings. The van der Waals surface area contributed by atoms with E-state index in [1.807, 2.05) is 13.0 Å². The second kappa shape index (κ2) is 9.01. The van der Waals surface area contributed by atoms with Crippen LogP contribution in [-0.2, 0) is 10.0 Å². The number of carbonyl (C=O) groups excluding carboxylic acids is 1. The molecule has 2 rings (SSSR count). The van der Waals surface area contributed by atoms with Gasteiger partial charge in [-0.15, -0.1) is 4.83 Å². The minimum Gasteiger partial charge on any atom is -0.494 e. The molecule has 7 heteroatoms. The molecule has 2 aromatic rings. The van der Waals surface area contributed by atoms with E-state index in [2.05, 4.69) is 24.1 Å². The summed E-state index contributed by atoms with van der Waals surface area (Å²) in [4.78, 5) is 14.5. The lowest BCUT2D eigenvalue weighted by atomic mass is 10.1. The van der Waals surface area contributed by atoms with E-state index in [4.69, 9.17) is 4.74 Å². The van der Waals surface area contributed by atoms with Crippen LogP contribution < -0.4 is 15.0 Å². The predicted octanol–water partition coefficient (Wildman–Crippen LogP) is 3.35. The van der Waals surface area contributed by atoms with E-state index >= 15 is 0 Å². The van der Waals surface area contributed by atoms with Crippen LogP contribution in [0.2, 0.25) is 0 Å². The van der Waals surface area contributed by atoms with Gasteiger partial charge in [-0.3, -0.25) is 10.2 Å². The quantitative estimate of drug-likeness (QED) is 0.677. The van der Waals surface area contributed by atoms with Crippen LogP contribution in [0.1, 0.15) is 41.8 Å². The summed E-state index contributed by atoms with van der Waals surface area (Å²) in [6.45, 7) is 8.36. The smallest absolute Gasteiger partial charge is 0.266 e. The molecule has 0 aromatic heterocycles. The Morgan fingerprint density at radius 1 is 1.07 bits per heavy atom. The van der Waals surface area contributed by atoms with Crippen LogP contribution in [0.4, 0.5) is 0 Å². The van der Waals surface area contributed by atoms with E-state index in [0.29, 0.717) is 29.4 Å². The van der Waals surface area contributed by atoms with E-state index in [-0.39, 0.29) is 4.90 Å². The topological polar surface area (TPSA) is 84.5 Å². The van der Waals surface area contributed by atoms with Crippen LogP contribution in [0, 0.1) is 19.8 Å². The molecule has 0 bridgehead atoms. The molecule has 0 atom stereocenters. The highest BCUT2D eigenvalue weighted by Gasteiger charge is 2.18. The molecule has 0 spiro atoms. The molecule has 0 radical (unpaired) electrons. The van der Waals surface area contributed by atoms with Crippen LogP contribution in [0.15, 0.2) is 47.4 Å². The number of hydrogen-bond donors (Lipinski definition) is 2. The van der Waals surface area contributed by atoms with Crippen molar-refractivity contribution < 1.29 is 17.9 Å². The van der Waals surface area contributed by atoms with Crippen molar-refractivity contribution in [2.45, 2.75) is 39.0 Å². The molecule has 6 nitrogen and oxygen atoms in total. The average Bonchev–Trinajstić information content (AvgIpc) is 2.62. The van der Waals surface area contributed by atoms with Crippen LogP contribution in [0.25, 0.3) is 0 Å². The molecular weight excluding hydrogens is 364 g/mol. The van der Waals surface area contributed by atoms with Gasteiger partial charge in [0.15, 0.2) is 0 Å². The van der Waals surface area contributed by atoms with Crippen LogP contribution >= 0.6 is 0 Å². The number of aryl methyl sites for hydroxylation is 2. The first-order chi connectivity index (χ1) is 12.7. The first kappa shape index (κ1) is 20.9. The lowest BCUT2D eigenvalue weighted by Crippen LogP contribution is -2.41. The highest BCUT2D eigenvalue weighted by Crippen LogP contribution is 2.16. The van der Waals surface area contributed by atoms with Gasteiger partial charge in [0.2, 0.25) is 0 Å². The maximum atomic E-state index is 12.4. The number of nitrogens with one attached hydrogen (secondary N) is 2. The Kier molecular flexibility index (Phi) is 6.98. The van der Waals surface area contributed by atoms with E-state index in [1.165, 1.54) is 0 Å². The van der Waals surface area contributed by atoms with Crippen molar-refractivity contribution in [3.05, 3.63) is 59.2 Å². The van der Waals surface area contributed by atoms with E-state index < -0.39 is 15.9 Å². The van der Waals surface area contributed by atoms with Crippen LogP contribution in [0.3, 0.4) is 0 Å². The number of ether oxygens (including phenoxy) is 1. The Balaban J connectivity index is 1.97. The van der Waals surface area contributed by atoms with Crippen molar-refractivity contribution in [2.75, 3.05) is 6.61 Å². The van der Waals surface area contributed by atoms with Gasteiger partial charge in [-0.25, -0.2) is 8.42 Å². The summed E-state index contributed by atoms with van der Waals surface area (Å²) in [6, 6.07) is 11.7. The summed E-state index contributed by atoms with van der Waals surface area (Å²) in [5.74, 6) is 0.681. The number of sulfonamides is 1. The monoisotopic (exact) mass is 390 g/mol. The van der Waals surface area contributed by atoms with Gasteiger partial charge in [0.05, 0.1) is 11.5 Å². The summed E-state index contributed by atoms with van der Waals surface area (Å²) in [7, 11) is -3.85. The zero-order valence-corrected chi connectivity index (χ0v) is 16.9. The molecule has 0 saturated heterocycles. The summed E-state index contributed by atoms with van der Waals surface area (Å²) >= 11 is 0. The first-order valence-electron chi connectivity index (χ1n) is 8.81. The first-order valence-corrected chi connectivity index (χ1v) is 10.3. The summed E-state index contributed by atoms with van der Waals surface area (Å²) < 4.78 is 30.4. The van der Waals surface area contributed by atoms with Crippen molar-refractivity contribution in [1.82, 2.24) is 10.3 Å². The Labute approximate surface area is 161 Å². The predicted molar refractivity (Wildman–Crippen MR) is 105 cm³/mol. The Bertz CT molecular complexity index is 891. The third kappa shape index (κ3) is 6.08. The van der Waals surface area contributed by atoms with Crippen LogP contribution in [0.5, 0.6) is 5.75 Å². The average molecular weight is 391 g/mol. The second-order valence-electron chi connectivity index (χ2n) is 6.88. The van der Waals surface area contributed by atoms with Gasteiger partial charge in [0.25, 0.3) is 15.9 Å². The molecule has 1 amide bonds. The molecular formula is C20H26N2O4S. The third-order valence-electron chi connectivity index (χ3n) is 4.01. The fourth-order valence-electron chi connectivity index (χ4n) is 2.35. The molecule has 0 aliphatic heterocycles. The van der Waals surface area contributed by atoms with Gasteiger partial charge in [-0.2, -0.15) is 0 Å². The fourth-order valence-corrected chi connectivity index (χ4v) is 3.52. The number of carbonyl (C=O) groups is 1. The Morgan fingerprint density at radius 3 is 2.37 bits per heavy atom. The maximum Gasteiger partial charge on any atom is 0.266 e. The number of hydrazine groups is 1. The number of benzene rings is 2. The van der Waals surface area contributed by atoms with Gasteiger partial charge in [0, 0.05) is 5.56 Å². The SMILES string of the molecule is Cc1ccc(C)c(S(=O)(=O)NNC(=O)c2ccc(OCCC(C)C)cc2)c1. The van der Waals surface area contributed by atoms with Gasteiger partial charge >= 0.3 is 0 Å². The second-order valence-corrected chi connectivity index (χ2v) is 8.53. The van der Waals surface area contributed by atoms with Crippen molar-refractivity contribution in [2.24, 2.45) is 5.92 Å². The van der Waals surface area contributed by atoms with Gasteiger partial charge in [0.1, 0.15) is 5.75 Å². The molecule has 2 N–H and O–H groups in total. The zero-order valence-electron chi connectivity index (χ0n) is 16.1. The standard InChI is InChI=1S/C20H26N2O4S/c1-14(2)11-12-26-18-9-7-17(8-10-18)20(23)21-22-27(24,25)19-13-15(3)5-6-16(19)4/h5-10,13-14,22H,11-12H2,1-4H3,(H,21,23). The van der Waals surface area contributed by atoms with Crippen LogP contribution in [-0.4, -0.2) is 20.9 Å². The summed E-state index contributed by atoms with van der Waals surface area (Å²) in [5.41, 5.74) is 3.99. The molecule has 2 aromatic carbocycles. The maximum absolute atomic E-state index is 12.4. The Morgan fingerprint density at radius 2 is 1.74 bits per heavy atom. The van der Waals surface area contributed by atoms with Crippen molar-refractivity contribution in [3.63, 3.8) is 0 Å². The molecule has 0 heterocycles. The molecule has 27 heavy (non-hydrogen) atoms. The van der Waals surface area contributed by atoms with E-state index in [9.17, 15) is 13.2 Å². The molecule has 146 valence electrons. The number of rotatable bonds is 8. The molecule has 0 aliphatic carbocycles. The lowest BCUT2D eigenvalue weighted by molar-refractivity contribution is 0.0945. The fraction of sp³-hybridized carbons (Fsp3) is 0.350. The molecule has 0 unspecified atom stereocenters. The zero-order chi connectivity index (χ0) is 20.0. The summed E-state index contributed by atoms with van der Waals surface area (Å²) in [6.07, 6.45) is 0.947. The van der Waals surface area contributed by atoms with Crippen molar-refractivity contribution >= 4 is 15.9 Å². The van der Waals surface area contributed by atoms with E-state index in [1.54, 1.807) is 43.3 Å². The lowest BCUT2D eigenvalue weighted by Gasteiger charge is -2.12. The highest BCUT2D eigenvalue weighted by molar-refractivity contribution is 7.89. The Hall–Kier alpha value is -2.38. The minimum atomic E-state index is -3.85. The number of amides is 1. The highest BCUT2D eigenvalue weighted by atomic mass is 32.2. The van der Waals surface area contributed by atoms with Gasteiger partial charge < -0.3 is 4.74 Å². The van der Waals surface area contributed by atoms with Gasteiger partial charge in [-0.05, 0) is 67.6 Å². The van der Waals surface area contributed by atoms with Gasteiger partial charge in [-0.1, -0.05) is 26.0 Å². The normalized spacial score (nSPS) is 11.4. The van der Waals surface area contributed by atoms with Crippen molar-refractivity contribution in [1.29, 1.82) is 0 Å².